The molecule has 0 aromatic heterocycles. The first-order valence-corrected chi connectivity index (χ1v) is 5.68. The molecule has 112 valence electrons. The number of amides is 1. The van der Waals surface area contributed by atoms with Gasteiger partial charge in [0.1, 0.15) is 5.82 Å². The van der Waals surface area contributed by atoms with Crippen molar-refractivity contribution in [2.75, 3.05) is 25.5 Å². The first kappa shape index (κ1) is 16.4. The van der Waals surface area contributed by atoms with Crippen molar-refractivity contribution >= 4 is 11.6 Å². The second kappa shape index (κ2) is 6.67. The molecule has 0 radical (unpaired) electrons. The van der Waals surface area contributed by atoms with Gasteiger partial charge in [0, 0.05) is 6.54 Å². The van der Waals surface area contributed by atoms with Crippen LogP contribution in [0.1, 0.15) is 0 Å². The van der Waals surface area contributed by atoms with Crippen molar-refractivity contribution < 1.29 is 27.5 Å². The summed E-state index contributed by atoms with van der Waals surface area (Å²) in [6, 6.07) is 5.43. The standard InChI is InChI=1S/C12H14F4N2O2/c1-18(6-10(19)12(14,15)16)7-11(20)17-9-5-3-2-4-8(9)13/h2-5,10,19H,6-7H2,1H3,(H,17,20). The van der Waals surface area contributed by atoms with E-state index in [1.807, 2.05) is 0 Å². The zero-order chi connectivity index (χ0) is 15.3. The number of hydrogen-bond donors (Lipinski definition) is 2. The van der Waals surface area contributed by atoms with Gasteiger partial charge >= 0.3 is 6.18 Å². The van der Waals surface area contributed by atoms with E-state index in [1.54, 1.807) is 0 Å². The first-order valence-electron chi connectivity index (χ1n) is 5.68. The number of nitrogens with one attached hydrogen (secondary N) is 1. The summed E-state index contributed by atoms with van der Waals surface area (Å²) in [7, 11) is 1.25. The molecule has 0 spiro atoms. The molecule has 0 aliphatic carbocycles. The minimum Gasteiger partial charge on any atom is -0.382 e. The monoisotopic (exact) mass is 294 g/mol. The second-order valence-electron chi connectivity index (χ2n) is 4.28. The Kier molecular flexibility index (Phi) is 5.46. The number of hydrogen-bond acceptors (Lipinski definition) is 3. The van der Waals surface area contributed by atoms with Crippen LogP contribution < -0.4 is 5.32 Å². The Morgan fingerprint density at radius 2 is 2.00 bits per heavy atom. The van der Waals surface area contributed by atoms with Crippen LogP contribution in [-0.2, 0) is 4.79 Å². The fourth-order valence-corrected chi connectivity index (χ4v) is 1.46. The van der Waals surface area contributed by atoms with Gasteiger partial charge in [0.25, 0.3) is 0 Å². The van der Waals surface area contributed by atoms with Crippen LogP contribution in [0.5, 0.6) is 0 Å². The fourth-order valence-electron chi connectivity index (χ4n) is 1.46. The van der Waals surface area contributed by atoms with Crippen molar-refractivity contribution in [2.45, 2.75) is 12.3 Å². The molecule has 20 heavy (non-hydrogen) atoms. The van der Waals surface area contributed by atoms with E-state index in [9.17, 15) is 22.4 Å². The van der Waals surface area contributed by atoms with E-state index in [0.717, 1.165) is 11.0 Å². The van der Waals surface area contributed by atoms with Crippen molar-refractivity contribution in [1.82, 2.24) is 4.90 Å². The van der Waals surface area contributed by atoms with E-state index in [1.165, 1.54) is 25.2 Å². The molecule has 1 aromatic rings. The molecule has 0 aliphatic rings. The normalized spacial score (nSPS) is 13.3. The lowest BCUT2D eigenvalue weighted by molar-refractivity contribution is -0.207. The Balaban J connectivity index is 2.49. The third-order valence-corrected chi connectivity index (χ3v) is 2.42. The lowest BCUT2D eigenvalue weighted by Gasteiger charge is -2.21. The molecule has 1 rings (SSSR count). The largest absolute Gasteiger partial charge is 0.415 e. The van der Waals surface area contributed by atoms with Crippen LogP contribution in [0, 0.1) is 5.82 Å². The van der Waals surface area contributed by atoms with E-state index in [0.29, 0.717) is 0 Å². The van der Waals surface area contributed by atoms with Crippen LogP contribution in [0.15, 0.2) is 24.3 Å². The highest BCUT2D eigenvalue weighted by molar-refractivity contribution is 5.92. The number of anilines is 1. The number of benzene rings is 1. The second-order valence-corrected chi connectivity index (χ2v) is 4.28. The highest BCUT2D eigenvalue weighted by Gasteiger charge is 2.38. The van der Waals surface area contributed by atoms with Crippen molar-refractivity contribution in [1.29, 1.82) is 0 Å². The zero-order valence-electron chi connectivity index (χ0n) is 10.6. The number of aliphatic hydroxyl groups is 1. The van der Waals surface area contributed by atoms with Crippen LogP contribution in [0.25, 0.3) is 0 Å². The quantitative estimate of drug-likeness (QED) is 0.811. The van der Waals surface area contributed by atoms with E-state index < -0.39 is 37.1 Å². The Bertz CT molecular complexity index is 465. The Morgan fingerprint density at radius 3 is 2.55 bits per heavy atom. The summed E-state index contributed by atoms with van der Waals surface area (Å²) in [5, 5.41) is 11.1. The molecule has 1 aromatic carbocycles. The maximum Gasteiger partial charge on any atom is 0.415 e. The molecule has 4 nitrogen and oxygen atoms in total. The number of aliphatic hydroxyl groups excluding tert-OH is 1. The van der Waals surface area contributed by atoms with Gasteiger partial charge in [-0.1, -0.05) is 12.1 Å². The van der Waals surface area contributed by atoms with Gasteiger partial charge in [-0.05, 0) is 19.2 Å². The molecule has 0 bridgehead atoms. The van der Waals surface area contributed by atoms with Crippen LogP contribution >= 0.6 is 0 Å². The molecule has 0 aliphatic heterocycles. The molecule has 0 heterocycles. The van der Waals surface area contributed by atoms with E-state index >= 15 is 0 Å². The Morgan fingerprint density at radius 1 is 1.40 bits per heavy atom. The number of rotatable bonds is 5. The maximum atomic E-state index is 13.2. The number of alkyl halides is 3. The van der Waals surface area contributed by atoms with Crippen molar-refractivity contribution in [2.24, 2.45) is 0 Å². The SMILES string of the molecule is CN(CC(=O)Nc1ccccc1F)CC(O)C(F)(F)F. The van der Waals surface area contributed by atoms with Gasteiger partial charge in [0.2, 0.25) is 5.91 Å². The van der Waals surface area contributed by atoms with Gasteiger partial charge in [-0.15, -0.1) is 0 Å². The number of likely N-dealkylation sites (N-methyl/N-ethyl adjacent to an activating group) is 1. The smallest absolute Gasteiger partial charge is 0.382 e. The lowest BCUT2D eigenvalue weighted by atomic mass is 10.3. The van der Waals surface area contributed by atoms with Gasteiger partial charge in [-0.3, -0.25) is 9.69 Å². The average Bonchev–Trinajstić information content (AvgIpc) is 2.30. The van der Waals surface area contributed by atoms with E-state index in [2.05, 4.69) is 5.32 Å². The van der Waals surface area contributed by atoms with Crippen molar-refractivity contribution in [3.8, 4) is 0 Å². The predicted molar refractivity (Wildman–Crippen MR) is 64.6 cm³/mol. The molecule has 8 heteroatoms. The van der Waals surface area contributed by atoms with E-state index in [-0.39, 0.29) is 5.69 Å². The highest BCUT2D eigenvalue weighted by Crippen LogP contribution is 2.20. The topological polar surface area (TPSA) is 52.6 Å². The third-order valence-electron chi connectivity index (χ3n) is 2.42. The molecule has 0 fully saturated rings. The Labute approximate surface area is 113 Å². The summed E-state index contributed by atoms with van der Waals surface area (Å²) in [6.45, 7) is -1.14. The Hall–Kier alpha value is -1.67. The maximum absolute atomic E-state index is 13.2. The molecular formula is C12H14F4N2O2. The zero-order valence-corrected chi connectivity index (χ0v) is 10.6. The molecule has 1 atom stereocenters. The summed E-state index contributed by atoms with van der Waals surface area (Å²) in [6.07, 6.45) is -7.27. The van der Waals surface area contributed by atoms with Gasteiger partial charge in [0.05, 0.1) is 12.2 Å². The van der Waals surface area contributed by atoms with Gasteiger partial charge < -0.3 is 10.4 Å². The van der Waals surface area contributed by atoms with Gasteiger partial charge in [0.15, 0.2) is 6.10 Å². The fraction of sp³-hybridized carbons (Fsp3) is 0.417. The number of halogens is 4. The van der Waals surface area contributed by atoms with Crippen molar-refractivity contribution in [3.63, 3.8) is 0 Å². The van der Waals surface area contributed by atoms with Crippen LogP contribution in [0.3, 0.4) is 0 Å². The molecule has 0 saturated carbocycles. The van der Waals surface area contributed by atoms with Gasteiger partial charge in [-0.25, -0.2) is 4.39 Å². The lowest BCUT2D eigenvalue weighted by Crippen LogP contribution is -2.42. The molecular weight excluding hydrogens is 280 g/mol. The van der Waals surface area contributed by atoms with E-state index in [4.69, 9.17) is 5.11 Å². The van der Waals surface area contributed by atoms with Gasteiger partial charge in [-0.2, -0.15) is 13.2 Å². The predicted octanol–water partition coefficient (Wildman–Crippen LogP) is 1.62. The van der Waals surface area contributed by atoms with Crippen LogP contribution in [0.2, 0.25) is 0 Å². The summed E-state index contributed by atoms with van der Waals surface area (Å²) < 4.78 is 49.6. The van der Waals surface area contributed by atoms with Crippen LogP contribution in [0.4, 0.5) is 23.2 Å². The minimum absolute atomic E-state index is 0.0535. The first-order chi connectivity index (χ1) is 9.20. The molecule has 1 unspecified atom stereocenters. The highest BCUT2D eigenvalue weighted by atomic mass is 19.4. The van der Waals surface area contributed by atoms with Crippen LogP contribution in [-0.4, -0.2) is 48.3 Å². The number of nitrogens with zero attached hydrogens (tertiary/aromatic N) is 1. The minimum atomic E-state index is -4.74. The third kappa shape index (κ3) is 5.14. The molecule has 1 amide bonds. The molecule has 2 N–H and O–H groups in total. The number of carbonyl (C=O) groups excluding carboxylic acids is 1. The number of carbonyl (C=O) groups is 1. The summed E-state index contributed by atoms with van der Waals surface area (Å²) in [5.41, 5.74) is -0.0535. The number of para-hydroxylation sites is 1. The molecule has 0 saturated heterocycles. The summed E-state index contributed by atoms with van der Waals surface area (Å²) >= 11 is 0. The summed E-state index contributed by atoms with van der Waals surface area (Å²) in [4.78, 5) is 12.5. The average molecular weight is 294 g/mol. The van der Waals surface area contributed by atoms with Crippen molar-refractivity contribution in [3.05, 3.63) is 30.1 Å². The summed E-state index contributed by atoms with van der Waals surface area (Å²) in [5.74, 6) is -1.31.